The lowest BCUT2D eigenvalue weighted by Crippen LogP contribution is -2.37. The predicted octanol–water partition coefficient (Wildman–Crippen LogP) is 1.74. The third-order valence-electron chi connectivity index (χ3n) is 3.16. The maximum atomic E-state index is 11.8. The van der Waals surface area contributed by atoms with Crippen LogP contribution in [-0.4, -0.2) is 18.6 Å². The SMILES string of the molecule is COc1c(C)cc(NC(=O)C2(N)CC2)cc1C. The molecule has 1 aliphatic carbocycles. The molecule has 2 rings (SSSR count). The van der Waals surface area contributed by atoms with E-state index in [4.69, 9.17) is 10.5 Å². The summed E-state index contributed by atoms with van der Waals surface area (Å²) in [4.78, 5) is 11.8. The van der Waals surface area contributed by atoms with E-state index in [1.54, 1.807) is 7.11 Å². The van der Waals surface area contributed by atoms with Gasteiger partial charge in [0, 0.05) is 5.69 Å². The number of hydrogen-bond donors (Lipinski definition) is 2. The average Bonchev–Trinajstić information content (AvgIpc) is 2.97. The summed E-state index contributed by atoms with van der Waals surface area (Å²) in [6.45, 7) is 3.91. The molecule has 92 valence electrons. The second-order valence-electron chi connectivity index (χ2n) is 4.75. The standard InChI is InChI=1S/C13H18N2O2/c1-8-6-10(7-9(2)11(8)17-3)15-12(16)13(14)4-5-13/h6-7H,4-5,14H2,1-3H3,(H,15,16). The average molecular weight is 234 g/mol. The van der Waals surface area contributed by atoms with Crippen LogP contribution in [0.15, 0.2) is 12.1 Å². The highest BCUT2D eigenvalue weighted by Gasteiger charge is 2.45. The molecule has 0 atom stereocenters. The Morgan fingerprint density at radius 1 is 1.35 bits per heavy atom. The molecule has 3 N–H and O–H groups in total. The molecule has 0 heterocycles. The molecule has 0 saturated heterocycles. The van der Waals surface area contributed by atoms with Crippen LogP contribution in [-0.2, 0) is 4.79 Å². The minimum absolute atomic E-state index is 0.0959. The molecule has 0 bridgehead atoms. The van der Waals surface area contributed by atoms with Crippen molar-refractivity contribution in [2.75, 3.05) is 12.4 Å². The molecule has 4 nitrogen and oxygen atoms in total. The first-order valence-corrected chi connectivity index (χ1v) is 5.72. The molecule has 1 aromatic carbocycles. The van der Waals surface area contributed by atoms with E-state index in [1.807, 2.05) is 26.0 Å². The lowest BCUT2D eigenvalue weighted by molar-refractivity contribution is -0.118. The number of carbonyl (C=O) groups is 1. The number of nitrogens with two attached hydrogens (primary N) is 1. The summed E-state index contributed by atoms with van der Waals surface area (Å²) in [5.74, 6) is 0.762. The van der Waals surface area contributed by atoms with Gasteiger partial charge in [-0.2, -0.15) is 0 Å². The van der Waals surface area contributed by atoms with E-state index in [2.05, 4.69) is 5.32 Å². The summed E-state index contributed by atoms with van der Waals surface area (Å²) < 4.78 is 5.28. The number of amides is 1. The van der Waals surface area contributed by atoms with Crippen molar-refractivity contribution in [2.45, 2.75) is 32.2 Å². The van der Waals surface area contributed by atoms with Gasteiger partial charge in [-0.05, 0) is 49.9 Å². The molecule has 1 amide bonds. The first-order valence-electron chi connectivity index (χ1n) is 5.72. The zero-order valence-corrected chi connectivity index (χ0v) is 10.5. The van der Waals surface area contributed by atoms with Crippen LogP contribution in [0.1, 0.15) is 24.0 Å². The summed E-state index contributed by atoms with van der Waals surface area (Å²) in [6.07, 6.45) is 1.54. The summed E-state index contributed by atoms with van der Waals surface area (Å²) in [5, 5.41) is 2.86. The van der Waals surface area contributed by atoms with Gasteiger partial charge in [0.15, 0.2) is 0 Å². The molecule has 1 fully saturated rings. The van der Waals surface area contributed by atoms with Gasteiger partial charge >= 0.3 is 0 Å². The molecule has 1 aliphatic rings. The predicted molar refractivity (Wildman–Crippen MR) is 67.3 cm³/mol. The van der Waals surface area contributed by atoms with Gasteiger partial charge in [0.2, 0.25) is 5.91 Å². The molecule has 0 aliphatic heterocycles. The maximum Gasteiger partial charge on any atom is 0.244 e. The zero-order valence-electron chi connectivity index (χ0n) is 10.5. The van der Waals surface area contributed by atoms with Crippen molar-refractivity contribution in [1.82, 2.24) is 0 Å². The molecule has 17 heavy (non-hydrogen) atoms. The first-order chi connectivity index (χ1) is 7.96. The van der Waals surface area contributed by atoms with Gasteiger partial charge in [0.05, 0.1) is 12.6 Å². The van der Waals surface area contributed by atoms with Crippen molar-refractivity contribution in [1.29, 1.82) is 0 Å². The van der Waals surface area contributed by atoms with Crippen molar-refractivity contribution >= 4 is 11.6 Å². The van der Waals surface area contributed by atoms with E-state index in [0.717, 1.165) is 35.4 Å². The Bertz CT molecular complexity index is 441. The van der Waals surface area contributed by atoms with Gasteiger partial charge < -0.3 is 15.8 Å². The molecule has 0 spiro atoms. The van der Waals surface area contributed by atoms with E-state index in [-0.39, 0.29) is 5.91 Å². The number of hydrogen-bond acceptors (Lipinski definition) is 3. The van der Waals surface area contributed by atoms with Crippen LogP contribution in [0, 0.1) is 13.8 Å². The van der Waals surface area contributed by atoms with Gasteiger partial charge in [-0.25, -0.2) is 0 Å². The van der Waals surface area contributed by atoms with Crippen molar-refractivity contribution < 1.29 is 9.53 Å². The van der Waals surface area contributed by atoms with Gasteiger partial charge in [-0.3, -0.25) is 4.79 Å². The van der Waals surface area contributed by atoms with Crippen molar-refractivity contribution in [2.24, 2.45) is 5.73 Å². The number of aryl methyl sites for hydroxylation is 2. The minimum Gasteiger partial charge on any atom is -0.496 e. The number of carbonyl (C=O) groups excluding carboxylic acids is 1. The summed E-state index contributed by atoms with van der Waals surface area (Å²) in [6, 6.07) is 3.80. The Morgan fingerprint density at radius 2 is 1.88 bits per heavy atom. The molecular weight excluding hydrogens is 216 g/mol. The van der Waals surface area contributed by atoms with Gasteiger partial charge in [-0.15, -0.1) is 0 Å². The number of rotatable bonds is 3. The monoisotopic (exact) mass is 234 g/mol. The van der Waals surface area contributed by atoms with E-state index in [1.165, 1.54) is 0 Å². The third kappa shape index (κ3) is 2.26. The van der Waals surface area contributed by atoms with E-state index < -0.39 is 5.54 Å². The molecule has 4 heteroatoms. The number of nitrogens with one attached hydrogen (secondary N) is 1. The summed E-state index contributed by atoms with van der Waals surface area (Å²) in [7, 11) is 1.65. The lowest BCUT2D eigenvalue weighted by atomic mass is 10.1. The second kappa shape index (κ2) is 4.04. The number of anilines is 1. The van der Waals surface area contributed by atoms with Crippen molar-refractivity contribution in [3.05, 3.63) is 23.3 Å². The number of benzene rings is 1. The van der Waals surface area contributed by atoms with E-state index >= 15 is 0 Å². The van der Waals surface area contributed by atoms with Crippen LogP contribution in [0.5, 0.6) is 5.75 Å². The third-order valence-corrected chi connectivity index (χ3v) is 3.16. The Labute approximate surface area is 101 Å². The smallest absolute Gasteiger partial charge is 0.244 e. The molecule has 0 aromatic heterocycles. The van der Waals surface area contributed by atoms with Crippen molar-refractivity contribution in [3.63, 3.8) is 0 Å². The van der Waals surface area contributed by atoms with Gasteiger partial charge in [0.25, 0.3) is 0 Å². The fourth-order valence-electron chi connectivity index (χ4n) is 1.96. The largest absolute Gasteiger partial charge is 0.496 e. The molecule has 1 aromatic rings. The van der Waals surface area contributed by atoms with Crippen LogP contribution in [0.2, 0.25) is 0 Å². The summed E-state index contributed by atoms with van der Waals surface area (Å²) >= 11 is 0. The highest BCUT2D eigenvalue weighted by atomic mass is 16.5. The number of ether oxygens (including phenoxy) is 1. The summed E-state index contributed by atoms with van der Waals surface area (Å²) in [5.41, 5.74) is 7.98. The Morgan fingerprint density at radius 3 is 2.29 bits per heavy atom. The van der Waals surface area contributed by atoms with Gasteiger partial charge in [-0.1, -0.05) is 0 Å². The molecular formula is C13H18N2O2. The van der Waals surface area contributed by atoms with Crippen LogP contribution in [0.3, 0.4) is 0 Å². The highest BCUT2D eigenvalue weighted by molar-refractivity contribution is 6.00. The van der Waals surface area contributed by atoms with Crippen LogP contribution >= 0.6 is 0 Å². The highest BCUT2D eigenvalue weighted by Crippen LogP contribution is 2.34. The Balaban J connectivity index is 2.20. The van der Waals surface area contributed by atoms with Crippen molar-refractivity contribution in [3.8, 4) is 5.75 Å². The Kier molecular flexibility index (Phi) is 2.83. The fourth-order valence-corrected chi connectivity index (χ4v) is 1.96. The fraction of sp³-hybridized carbons (Fsp3) is 0.462. The normalized spacial score (nSPS) is 16.5. The molecule has 0 radical (unpaired) electrons. The quantitative estimate of drug-likeness (QED) is 0.837. The number of methoxy groups -OCH3 is 1. The van der Waals surface area contributed by atoms with Crippen LogP contribution < -0.4 is 15.8 Å². The second-order valence-corrected chi connectivity index (χ2v) is 4.75. The first kappa shape index (κ1) is 11.9. The van der Waals surface area contributed by atoms with E-state index in [9.17, 15) is 4.79 Å². The molecule has 0 unspecified atom stereocenters. The zero-order chi connectivity index (χ0) is 12.6. The van der Waals surface area contributed by atoms with Crippen LogP contribution in [0.4, 0.5) is 5.69 Å². The topological polar surface area (TPSA) is 64.3 Å². The van der Waals surface area contributed by atoms with Gasteiger partial charge in [0.1, 0.15) is 5.75 Å². The molecule has 1 saturated carbocycles. The minimum atomic E-state index is -0.637. The maximum absolute atomic E-state index is 11.8. The van der Waals surface area contributed by atoms with Crippen LogP contribution in [0.25, 0.3) is 0 Å². The Hall–Kier alpha value is -1.55. The van der Waals surface area contributed by atoms with E-state index in [0.29, 0.717) is 0 Å². The lowest BCUT2D eigenvalue weighted by Gasteiger charge is -2.14.